The second kappa shape index (κ2) is 5.09. The highest BCUT2D eigenvalue weighted by molar-refractivity contribution is 5.96. The van der Waals surface area contributed by atoms with Crippen molar-refractivity contribution in [3.8, 4) is 16.9 Å². The molecule has 0 atom stereocenters. The molecule has 0 amide bonds. The van der Waals surface area contributed by atoms with E-state index in [0.717, 1.165) is 17.5 Å². The van der Waals surface area contributed by atoms with Crippen molar-refractivity contribution < 1.29 is 14.6 Å². The van der Waals surface area contributed by atoms with Gasteiger partial charge in [0.05, 0.1) is 6.61 Å². The summed E-state index contributed by atoms with van der Waals surface area (Å²) in [6.45, 7) is 1.79. The summed E-state index contributed by atoms with van der Waals surface area (Å²) in [6, 6.07) is 7.65. The molecule has 1 heterocycles. The summed E-state index contributed by atoms with van der Waals surface area (Å²) in [5.41, 5.74) is 2.18. The summed E-state index contributed by atoms with van der Waals surface area (Å²) in [4.78, 5) is 26.6. The summed E-state index contributed by atoms with van der Waals surface area (Å²) in [5, 5.41) is 10.4. The zero-order valence-electron chi connectivity index (χ0n) is 11.6. The molecule has 0 bridgehead atoms. The number of hydrogen-bond acceptors (Lipinski definition) is 4. The van der Waals surface area contributed by atoms with Gasteiger partial charge < -0.3 is 14.8 Å². The van der Waals surface area contributed by atoms with Crippen molar-refractivity contribution in [2.45, 2.75) is 19.8 Å². The Kier molecular flexibility index (Phi) is 3.25. The summed E-state index contributed by atoms with van der Waals surface area (Å²) < 4.78 is 4.85. The zero-order valence-corrected chi connectivity index (χ0v) is 11.6. The normalized spacial score (nSPS) is 12.4. The summed E-state index contributed by atoms with van der Waals surface area (Å²) in [5.74, 6) is -1.10. The lowest BCUT2D eigenvalue weighted by atomic mass is 9.87. The molecule has 0 radical (unpaired) electrons. The van der Waals surface area contributed by atoms with Crippen LogP contribution in [0.4, 0.5) is 0 Å². The van der Waals surface area contributed by atoms with E-state index in [4.69, 9.17) is 4.74 Å². The molecule has 1 aromatic heterocycles. The van der Waals surface area contributed by atoms with Gasteiger partial charge in [-0.25, -0.2) is 4.79 Å². The molecule has 108 valence electrons. The van der Waals surface area contributed by atoms with Gasteiger partial charge in [0.15, 0.2) is 5.56 Å². The number of esters is 1. The van der Waals surface area contributed by atoms with Crippen molar-refractivity contribution in [2.24, 2.45) is 0 Å². The van der Waals surface area contributed by atoms with Gasteiger partial charge in [0.1, 0.15) is 5.75 Å². The summed E-state index contributed by atoms with van der Waals surface area (Å²) in [6.07, 6.45) is 1.41. The summed E-state index contributed by atoms with van der Waals surface area (Å²) in [7, 11) is 0. The molecule has 0 saturated heterocycles. The van der Waals surface area contributed by atoms with Crippen LogP contribution >= 0.6 is 0 Å². The van der Waals surface area contributed by atoms with Crippen LogP contribution in [0, 0.1) is 0 Å². The van der Waals surface area contributed by atoms with Gasteiger partial charge in [-0.1, -0.05) is 24.3 Å². The average Bonchev–Trinajstić information content (AvgIpc) is 2.46. The molecule has 1 aliphatic carbocycles. The minimum absolute atomic E-state index is 0.144. The Labute approximate surface area is 121 Å². The van der Waals surface area contributed by atoms with Gasteiger partial charge in [-0.15, -0.1) is 0 Å². The molecule has 0 aliphatic heterocycles. The molecule has 0 unspecified atom stereocenters. The molecular weight excluding hydrogens is 270 g/mol. The zero-order chi connectivity index (χ0) is 15.0. The Morgan fingerprint density at radius 1 is 1.33 bits per heavy atom. The third-order valence-corrected chi connectivity index (χ3v) is 3.68. The number of nitrogens with one attached hydrogen (secondary N) is 1. The Morgan fingerprint density at radius 3 is 2.86 bits per heavy atom. The lowest BCUT2D eigenvalue weighted by molar-refractivity contribution is 0.0521. The fourth-order valence-electron chi connectivity index (χ4n) is 2.75. The smallest absolute Gasteiger partial charge is 0.347 e. The number of carbonyl (C=O) groups excluding carboxylic acids is 1. The van der Waals surface area contributed by atoms with E-state index in [9.17, 15) is 14.7 Å². The van der Waals surface area contributed by atoms with Crippen molar-refractivity contribution in [2.75, 3.05) is 6.61 Å². The van der Waals surface area contributed by atoms with E-state index >= 15 is 0 Å². The maximum Gasteiger partial charge on any atom is 0.347 e. The van der Waals surface area contributed by atoms with E-state index in [2.05, 4.69) is 4.98 Å². The molecule has 1 aromatic carbocycles. The molecule has 21 heavy (non-hydrogen) atoms. The third kappa shape index (κ3) is 2.11. The predicted octanol–water partition coefficient (Wildman–Crippen LogP) is 2.02. The number of pyridine rings is 1. The number of aryl methyl sites for hydroxylation is 2. The van der Waals surface area contributed by atoms with Crippen LogP contribution < -0.4 is 5.56 Å². The first-order valence-corrected chi connectivity index (χ1v) is 6.87. The SMILES string of the molecule is CCOC(=O)c1c(O)c2c([nH]c1=O)CCc1ccccc1-2. The van der Waals surface area contributed by atoms with Gasteiger partial charge in [0.2, 0.25) is 0 Å². The number of H-pyrrole nitrogens is 1. The Hall–Kier alpha value is -2.56. The van der Waals surface area contributed by atoms with Crippen molar-refractivity contribution in [1.29, 1.82) is 0 Å². The quantitative estimate of drug-likeness (QED) is 0.827. The van der Waals surface area contributed by atoms with Crippen molar-refractivity contribution in [3.05, 3.63) is 51.4 Å². The van der Waals surface area contributed by atoms with Gasteiger partial charge in [0.25, 0.3) is 5.56 Å². The Morgan fingerprint density at radius 2 is 2.10 bits per heavy atom. The lowest BCUT2D eigenvalue weighted by Crippen LogP contribution is -2.23. The fourth-order valence-corrected chi connectivity index (χ4v) is 2.75. The van der Waals surface area contributed by atoms with Gasteiger partial charge in [-0.2, -0.15) is 0 Å². The molecule has 2 N–H and O–H groups in total. The molecule has 2 aromatic rings. The number of benzene rings is 1. The van der Waals surface area contributed by atoms with E-state index in [0.29, 0.717) is 17.7 Å². The number of fused-ring (bicyclic) bond motifs is 3. The number of aromatic nitrogens is 1. The van der Waals surface area contributed by atoms with Gasteiger partial charge in [-0.05, 0) is 30.9 Å². The highest BCUT2D eigenvalue weighted by Gasteiger charge is 2.27. The first kappa shape index (κ1) is 13.4. The maximum atomic E-state index is 12.0. The van der Waals surface area contributed by atoms with Crippen molar-refractivity contribution in [1.82, 2.24) is 4.98 Å². The molecule has 5 nitrogen and oxygen atoms in total. The second-order valence-corrected chi connectivity index (χ2v) is 4.91. The fraction of sp³-hybridized carbons (Fsp3) is 0.250. The van der Waals surface area contributed by atoms with Crippen LogP contribution in [0.1, 0.15) is 28.5 Å². The van der Waals surface area contributed by atoms with Gasteiger partial charge in [-0.3, -0.25) is 4.79 Å². The van der Waals surface area contributed by atoms with Crippen molar-refractivity contribution in [3.63, 3.8) is 0 Å². The number of aromatic hydroxyl groups is 1. The van der Waals surface area contributed by atoms with Gasteiger partial charge >= 0.3 is 5.97 Å². The molecular formula is C16H15NO4. The van der Waals surface area contributed by atoms with E-state index in [-0.39, 0.29) is 17.9 Å². The molecule has 0 saturated carbocycles. The summed E-state index contributed by atoms with van der Waals surface area (Å²) >= 11 is 0. The Bertz CT molecular complexity index is 776. The van der Waals surface area contributed by atoms with E-state index in [1.165, 1.54) is 0 Å². The van der Waals surface area contributed by atoms with Crippen LogP contribution in [0.3, 0.4) is 0 Å². The number of aromatic amines is 1. The number of hydrogen-bond donors (Lipinski definition) is 2. The molecule has 1 aliphatic rings. The van der Waals surface area contributed by atoms with Crippen LogP contribution in [0.2, 0.25) is 0 Å². The van der Waals surface area contributed by atoms with Crippen molar-refractivity contribution >= 4 is 5.97 Å². The third-order valence-electron chi connectivity index (χ3n) is 3.68. The van der Waals surface area contributed by atoms with Crippen LogP contribution in [0.5, 0.6) is 5.75 Å². The van der Waals surface area contributed by atoms with Crippen LogP contribution in [-0.4, -0.2) is 22.7 Å². The first-order chi connectivity index (χ1) is 10.1. The monoisotopic (exact) mass is 285 g/mol. The maximum absolute atomic E-state index is 12.0. The van der Waals surface area contributed by atoms with Gasteiger partial charge in [0, 0.05) is 11.3 Å². The van der Waals surface area contributed by atoms with Crippen LogP contribution in [0.15, 0.2) is 29.1 Å². The molecule has 0 fully saturated rings. The number of carbonyl (C=O) groups is 1. The number of rotatable bonds is 2. The highest BCUT2D eigenvalue weighted by Crippen LogP contribution is 2.39. The highest BCUT2D eigenvalue weighted by atomic mass is 16.5. The Balaban J connectivity index is 2.26. The predicted molar refractivity (Wildman–Crippen MR) is 77.5 cm³/mol. The second-order valence-electron chi connectivity index (χ2n) is 4.91. The van der Waals surface area contributed by atoms with Crippen LogP contribution in [0.25, 0.3) is 11.1 Å². The average molecular weight is 285 g/mol. The lowest BCUT2D eigenvalue weighted by Gasteiger charge is -2.21. The first-order valence-electron chi connectivity index (χ1n) is 6.87. The largest absolute Gasteiger partial charge is 0.506 e. The van der Waals surface area contributed by atoms with E-state index in [1.807, 2.05) is 24.3 Å². The van der Waals surface area contributed by atoms with E-state index in [1.54, 1.807) is 6.92 Å². The molecule has 0 spiro atoms. The standard InChI is InChI=1S/C16H15NO4/c1-2-21-16(20)13-14(18)12-10-6-4-3-5-9(10)7-8-11(12)17-15(13)19/h3-6H,2,7-8H2,1H3,(H2,17,18,19). The molecule has 3 rings (SSSR count). The number of ether oxygens (including phenoxy) is 1. The molecule has 5 heteroatoms. The van der Waals surface area contributed by atoms with Crippen LogP contribution in [-0.2, 0) is 17.6 Å². The minimum Gasteiger partial charge on any atom is -0.506 e. The van der Waals surface area contributed by atoms with E-state index < -0.39 is 11.5 Å². The topological polar surface area (TPSA) is 79.4 Å². The minimum atomic E-state index is -0.804.